The lowest BCUT2D eigenvalue weighted by molar-refractivity contribution is 0.587. The lowest BCUT2D eigenvalue weighted by Gasteiger charge is -1.83. The van der Waals surface area contributed by atoms with Crippen molar-refractivity contribution in [1.29, 1.82) is 0 Å². The van der Waals surface area contributed by atoms with Crippen molar-refractivity contribution in [2.24, 2.45) is 0 Å². The van der Waals surface area contributed by atoms with Gasteiger partial charge in [0.2, 0.25) is 0 Å². The lowest BCUT2D eigenvalue weighted by atomic mass is 10.3. The molecule has 1 nitrogen and oxygen atoms in total. The molecule has 0 spiro atoms. The Morgan fingerprint density at radius 2 is 2.00 bits per heavy atom. The van der Waals surface area contributed by atoms with E-state index in [4.69, 9.17) is 16.0 Å². The fraction of sp³-hybridized carbons (Fsp3) is 0. The van der Waals surface area contributed by atoms with Crippen LogP contribution >= 0.6 is 27.5 Å². The number of hydrogen-bond donors (Lipinski definition) is 0. The highest BCUT2D eigenvalue weighted by Crippen LogP contribution is 2.33. The summed E-state index contributed by atoms with van der Waals surface area (Å²) in [5.41, 5.74) is 0.810. The molecule has 0 aliphatic rings. The molecule has 3 heteroatoms. The van der Waals surface area contributed by atoms with Gasteiger partial charge in [-0.2, -0.15) is 0 Å². The Bertz CT molecular complexity index is 394. The second-order valence-corrected chi connectivity index (χ2v) is 3.28. The van der Waals surface area contributed by atoms with Crippen molar-refractivity contribution in [1.82, 2.24) is 0 Å². The molecule has 1 aromatic carbocycles. The highest BCUT2D eigenvalue weighted by atomic mass is 79.9. The third-order valence-electron chi connectivity index (χ3n) is 1.50. The van der Waals surface area contributed by atoms with Crippen LogP contribution in [0.2, 0.25) is 5.02 Å². The zero-order valence-electron chi connectivity index (χ0n) is 5.47. The van der Waals surface area contributed by atoms with E-state index >= 15 is 0 Å². The Balaban J connectivity index is 2.92. The van der Waals surface area contributed by atoms with E-state index in [-0.39, 0.29) is 0 Å². The third kappa shape index (κ3) is 1.06. The molecule has 0 aliphatic heterocycles. The molecule has 56 valence electrons. The zero-order valence-corrected chi connectivity index (χ0v) is 7.82. The van der Waals surface area contributed by atoms with Crippen LogP contribution in [0, 0.1) is 0 Å². The number of hydrogen-bond acceptors (Lipinski definition) is 1. The smallest absolute Gasteiger partial charge is 0.189 e. The molecule has 0 radical (unpaired) electrons. The van der Waals surface area contributed by atoms with E-state index in [9.17, 15) is 0 Å². The minimum Gasteiger partial charge on any atom is -0.448 e. The summed E-state index contributed by atoms with van der Waals surface area (Å²) in [5.74, 6) is 0. The van der Waals surface area contributed by atoms with Crippen molar-refractivity contribution in [2.45, 2.75) is 0 Å². The minimum atomic E-state index is 0.598. The average molecular weight is 231 g/mol. The number of halogens is 2. The van der Waals surface area contributed by atoms with Gasteiger partial charge >= 0.3 is 0 Å². The van der Waals surface area contributed by atoms with Crippen LogP contribution in [-0.4, -0.2) is 0 Å². The van der Waals surface area contributed by atoms with Crippen LogP contribution in [0.25, 0.3) is 11.0 Å². The topological polar surface area (TPSA) is 13.1 Å². The molecule has 0 bridgehead atoms. The number of furan rings is 1. The average Bonchev–Trinajstić information content (AvgIpc) is 2.30. The van der Waals surface area contributed by atoms with Crippen molar-refractivity contribution in [3.8, 4) is 0 Å². The van der Waals surface area contributed by atoms with Crippen LogP contribution in [0.1, 0.15) is 0 Å². The van der Waals surface area contributed by atoms with E-state index in [1.807, 2.05) is 24.3 Å². The Kier molecular flexibility index (Phi) is 1.66. The second kappa shape index (κ2) is 2.54. The molecular formula is C8H4BrClO. The maximum Gasteiger partial charge on any atom is 0.189 e. The molecule has 0 aliphatic carbocycles. The predicted molar refractivity (Wildman–Crippen MR) is 48.9 cm³/mol. The molecule has 0 saturated heterocycles. The van der Waals surface area contributed by atoms with Gasteiger partial charge in [0.05, 0.1) is 0 Å². The number of rotatable bonds is 0. The summed E-state index contributed by atoms with van der Waals surface area (Å²) in [6.07, 6.45) is 0. The van der Waals surface area contributed by atoms with Crippen molar-refractivity contribution in [2.75, 3.05) is 0 Å². The Hall–Kier alpha value is -0.470. The van der Waals surface area contributed by atoms with E-state index in [1.165, 1.54) is 0 Å². The van der Waals surface area contributed by atoms with Crippen LogP contribution < -0.4 is 0 Å². The summed E-state index contributed by atoms with van der Waals surface area (Å²) in [7, 11) is 0. The van der Waals surface area contributed by atoms with Crippen LogP contribution in [0.4, 0.5) is 0 Å². The molecule has 0 amide bonds. The standard InChI is InChI=1S/C8H4BrClO/c9-8-7(10)5-3-1-2-4-6(5)11-8/h1-4H. The third-order valence-corrected chi connectivity index (χ3v) is 2.66. The quantitative estimate of drug-likeness (QED) is 0.671. The van der Waals surface area contributed by atoms with Gasteiger partial charge in [-0.1, -0.05) is 23.7 Å². The summed E-state index contributed by atoms with van der Waals surface area (Å²) in [4.78, 5) is 0. The van der Waals surface area contributed by atoms with E-state index in [1.54, 1.807) is 0 Å². The normalized spacial score (nSPS) is 10.7. The maximum atomic E-state index is 5.90. The van der Waals surface area contributed by atoms with Crippen molar-refractivity contribution < 1.29 is 4.42 Å². The number of fused-ring (bicyclic) bond motifs is 1. The second-order valence-electron chi connectivity index (χ2n) is 2.19. The molecule has 0 atom stereocenters. The van der Waals surface area contributed by atoms with Crippen molar-refractivity contribution in [3.05, 3.63) is 34.0 Å². The molecule has 0 N–H and O–H groups in total. The van der Waals surface area contributed by atoms with Gasteiger partial charge in [-0.15, -0.1) is 0 Å². The predicted octanol–water partition coefficient (Wildman–Crippen LogP) is 3.85. The summed E-state index contributed by atoms with van der Waals surface area (Å²) in [5, 5.41) is 1.58. The summed E-state index contributed by atoms with van der Waals surface area (Å²) < 4.78 is 5.88. The first-order valence-electron chi connectivity index (χ1n) is 3.11. The summed E-state index contributed by atoms with van der Waals surface area (Å²) >= 11 is 9.11. The van der Waals surface area contributed by atoms with Crippen molar-refractivity contribution >= 4 is 38.5 Å². The molecule has 1 aromatic heterocycles. The summed E-state index contributed by atoms with van der Waals surface area (Å²) in [6, 6.07) is 7.64. The van der Waals surface area contributed by atoms with Gasteiger partial charge < -0.3 is 4.42 Å². The van der Waals surface area contributed by atoms with Gasteiger partial charge in [0, 0.05) is 5.39 Å². The van der Waals surface area contributed by atoms with E-state index in [0.717, 1.165) is 11.0 Å². The SMILES string of the molecule is Clc1c(Br)oc2ccccc12. The van der Waals surface area contributed by atoms with E-state index in [2.05, 4.69) is 15.9 Å². The maximum absolute atomic E-state index is 5.90. The first-order valence-corrected chi connectivity index (χ1v) is 4.28. The molecule has 1 heterocycles. The molecule has 0 saturated carbocycles. The molecule has 0 fully saturated rings. The first-order chi connectivity index (χ1) is 5.29. The van der Waals surface area contributed by atoms with Crippen LogP contribution in [0.3, 0.4) is 0 Å². The largest absolute Gasteiger partial charge is 0.448 e. The zero-order chi connectivity index (χ0) is 7.84. The first kappa shape index (κ1) is 7.19. The highest BCUT2D eigenvalue weighted by molar-refractivity contribution is 9.10. The van der Waals surface area contributed by atoms with Gasteiger partial charge in [0.1, 0.15) is 10.6 Å². The van der Waals surface area contributed by atoms with Gasteiger partial charge in [-0.25, -0.2) is 0 Å². The molecular weight excluding hydrogens is 227 g/mol. The molecule has 11 heavy (non-hydrogen) atoms. The van der Waals surface area contributed by atoms with Gasteiger partial charge in [0.15, 0.2) is 4.67 Å². The highest BCUT2D eigenvalue weighted by Gasteiger charge is 2.07. The molecule has 0 unspecified atom stereocenters. The van der Waals surface area contributed by atoms with Crippen molar-refractivity contribution in [3.63, 3.8) is 0 Å². The summed E-state index contributed by atoms with van der Waals surface area (Å²) in [6.45, 7) is 0. The molecule has 2 rings (SSSR count). The van der Waals surface area contributed by atoms with Crippen LogP contribution in [-0.2, 0) is 0 Å². The Morgan fingerprint density at radius 3 is 2.73 bits per heavy atom. The molecule has 2 aromatic rings. The fourth-order valence-corrected chi connectivity index (χ4v) is 1.57. The minimum absolute atomic E-state index is 0.598. The number of benzene rings is 1. The van der Waals surface area contributed by atoms with E-state index in [0.29, 0.717) is 9.69 Å². The Labute approximate surface area is 77.1 Å². The lowest BCUT2D eigenvalue weighted by Crippen LogP contribution is -1.60. The van der Waals surface area contributed by atoms with Gasteiger partial charge in [0.25, 0.3) is 0 Å². The monoisotopic (exact) mass is 230 g/mol. The van der Waals surface area contributed by atoms with E-state index < -0.39 is 0 Å². The van der Waals surface area contributed by atoms with Gasteiger partial charge in [-0.05, 0) is 28.1 Å². The van der Waals surface area contributed by atoms with Crippen LogP contribution in [0.15, 0.2) is 33.4 Å². The van der Waals surface area contributed by atoms with Crippen LogP contribution in [0.5, 0.6) is 0 Å². The Morgan fingerprint density at radius 1 is 1.27 bits per heavy atom. The van der Waals surface area contributed by atoms with Gasteiger partial charge in [-0.3, -0.25) is 0 Å². The fourth-order valence-electron chi connectivity index (χ4n) is 0.984. The number of para-hydroxylation sites is 1.